The number of pyridine rings is 1. The Hall–Kier alpha value is -3.87. The number of hydrogen-bond donors (Lipinski definition) is 2. The van der Waals surface area contributed by atoms with Crippen molar-refractivity contribution in [2.45, 2.75) is 39.1 Å². The summed E-state index contributed by atoms with van der Waals surface area (Å²) < 4.78 is 73.5. The average molecular weight is 586 g/mol. The second kappa shape index (κ2) is 11.2. The van der Waals surface area contributed by atoms with Gasteiger partial charge in [0, 0.05) is 28.9 Å². The molecule has 12 heteroatoms. The lowest BCUT2D eigenvalue weighted by Crippen LogP contribution is -2.25. The van der Waals surface area contributed by atoms with Crippen LogP contribution in [0.25, 0.3) is 22.2 Å². The van der Waals surface area contributed by atoms with Crippen LogP contribution in [0.5, 0.6) is 5.75 Å². The Morgan fingerprint density at radius 3 is 2.61 bits per heavy atom. The van der Waals surface area contributed by atoms with Gasteiger partial charge in [-0.1, -0.05) is 19.1 Å². The molecule has 1 aliphatic rings. The highest BCUT2D eigenvalue weighted by atomic mass is 32.2. The lowest BCUT2D eigenvalue weighted by atomic mass is 10.00. The molecular formula is C29H29F2N3O6S. The van der Waals surface area contributed by atoms with E-state index in [0.29, 0.717) is 42.0 Å². The molecule has 1 fully saturated rings. The molecule has 1 unspecified atom stereocenters. The Labute approximate surface area is 235 Å². The average Bonchev–Trinajstić information content (AvgIpc) is 3.51. The van der Waals surface area contributed by atoms with Crippen molar-refractivity contribution in [2.24, 2.45) is 0 Å². The van der Waals surface area contributed by atoms with Gasteiger partial charge in [0.05, 0.1) is 23.6 Å². The fraction of sp³-hybridized carbons (Fsp3) is 0.310. The number of hydrogen-bond acceptors (Lipinski definition) is 7. The molecule has 1 aliphatic heterocycles. The van der Waals surface area contributed by atoms with Gasteiger partial charge < -0.3 is 19.2 Å². The van der Waals surface area contributed by atoms with Crippen LogP contribution in [0.15, 0.2) is 54.9 Å². The van der Waals surface area contributed by atoms with Gasteiger partial charge in [-0.15, -0.1) is 0 Å². The summed E-state index contributed by atoms with van der Waals surface area (Å²) >= 11 is 0. The maximum absolute atomic E-state index is 15.3. The van der Waals surface area contributed by atoms with Gasteiger partial charge in [0.1, 0.15) is 29.9 Å². The van der Waals surface area contributed by atoms with Crippen molar-refractivity contribution in [1.82, 2.24) is 9.97 Å². The number of ether oxygens (including phenoxy) is 3. The molecule has 0 amide bonds. The van der Waals surface area contributed by atoms with Gasteiger partial charge in [0.15, 0.2) is 11.6 Å². The highest BCUT2D eigenvalue weighted by molar-refractivity contribution is 7.92. The number of carbonyl (C=O) groups excluding carboxylic acids is 1. The van der Waals surface area contributed by atoms with E-state index in [0.717, 1.165) is 17.7 Å². The number of nitrogens with zero attached hydrogens (tertiary/aromatic N) is 1. The summed E-state index contributed by atoms with van der Waals surface area (Å²) in [7, 11) is -3.86. The minimum atomic E-state index is -3.86. The van der Waals surface area contributed by atoms with E-state index in [1.807, 2.05) is 26.0 Å². The minimum Gasteiger partial charge on any atom is -0.491 e. The van der Waals surface area contributed by atoms with Crippen LogP contribution in [0.4, 0.5) is 14.5 Å². The fourth-order valence-electron chi connectivity index (χ4n) is 4.59. The zero-order chi connectivity index (χ0) is 29.4. The predicted octanol–water partition coefficient (Wildman–Crippen LogP) is 5.42. The van der Waals surface area contributed by atoms with Gasteiger partial charge in [-0.05, 0) is 56.2 Å². The molecule has 1 saturated heterocycles. The van der Waals surface area contributed by atoms with Crippen LogP contribution in [0, 0.1) is 11.6 Å². The first kappa shape index (κ1) is 28.7. The van der Waals surface area contributed by atoms with Crippen LogP contribution in [0.3, 0.4) is 0 Å². The number of H-pyrrole nitrogens is 1. The molecule has 5 rings (SSSR count). The third kappa shape index (κ3) is 6.24. The molecular weight excluding hydrogens is 556 g/mol. The van der Waals surface area contributed by atoms with Gasteiger partial charge in [-0.2, -0.15) is 0 Å². The third-order valence-electron chi connectivity index (χ3n) is 6.52. The van der Waals surface area contributed by atoms with E-state index in [4.69, 9.17) is 14.2 Å². The van der Waals surface area contributed by atoms with Gasteiger partial charge in [0.2, 0.25) is 15.8 Å². The number of nitrogens with one attached hydrogen (secondary N) is 2. The van der Waals surface area contributed by atoms with Gasteiger partial charge in [-0.3, -0.25) is 9.52 Å². The van der Waals surface area contributed by atoms with Crippen molar-refractivity contribution in [3.8, 4) is 16.9 Å². The number of aromatic amines is 1. The van der Waals surface area contributed by atoms with E-state index in [2.05, 4.69) is 14.7 Å². The molecule has 9 nitrogen and oxygen atoms in total. The van der Waals surface area contributed by atoms with Crippen molar-refractivity contribution in [2.75, 3.05) is 23.7 Å². The van der Waals surface area contributed by atoms with Crippen molar-refractivity contribution in [3.05, 3.63) is 77.6 Å². The number of rotatable bonds is 10. The number of anilines is 1. The van der Waals surface area contributed by atoms with Gasteiger partial charge >= 0.3 is 0 Å². The number of halogens is 2. The topological polar surface area (TPSA) is 120 Å². The first-order chi connectivity index (χ1) is 19.5. The lowest BCUT2D eigenvalue weighted by Gasteiger charge is -2.17. The van der Waals surface area contributed by atoms with Crippen molar-refractivity contribution in [3.63, 3.8) is 0 Å². The summed E-state index contributed by atoms with van der Waals surface area (Å²) in [6.07, 6.45) is 3.06. The number of sulfonamides is 1. The van der Waals surface area contributed by atoms with E-state index >= 15 is 4.39 Å². The van der Waals surface area contributed by atoms with E-state index < -0.39 is 44.5 Å². The molecule has 216 valence electrons. The normalized spacial score (nSPS) is 16.7. The summed E-state index contributed by atoms with van der Waals surface area (Å²) in [6.45, 7) is 6.12. The highest BCUT2D eigenvalue weighted by Gasteiger charge is 2.33. The zero-order valence-corrected chi connectivity index (χ0v) is 23.5. The molecule has 1 atom stereocenters. The maximum atomic E-state index is 15.3. The van der Waals surface area contributed by atoms with E-state index in [9.17, 15) is 17.6 Å². The Kier molecular flexibility index (Phi) is 7.82. The number of benzene rings is 2. The summed E-state index contributed by atoms with van der Waals surface area (Å²) in [5.41, 5.74) is 0.405. The first-order valence-corrected chi connectivity index (χ1v) is 14.7. The number of aromatic nitrogens is 2. The van der Waals surface area contributed by atoms with Crippen LogP contribution in [-0.4, -0.2) is 55.0 Å². The van der Waals surface area contributed by atoms with E-state index in [-0.39, 0.29) is 17.4 Å². The SMILES string of the molecule is CCCS(=O)(=O)Nc1ccc(F)c(C(=O)c2c[nH]c3ncc(-c4ccc(OCC5COC(C)(C)O5)cc4)cc23)c1F. The van der Waals surface area contributed by atoms with Crippen LogP contribution in [0.1, 0.15) is 43.1 Å². The van der Waals surface area contributed by atoms with Crippen LogP contribution < -0.4 is 9.46 Å². The van der Waals surface area contributed by atoms with Crippen LogP contribution >= 0.6 is 0 Å². The standard InChI is InChI=1S/C29H29F2N3O6S/c1-4-11-41(36,37)34-24-10-9-23(30)25(26(24)31)27(35)22-14-33-28-21(22)12-18(13-32-28)17-5-7-19(8-6-17)38-15-20-16-39-29(2,3)40-20/h5-10,12-14,20,34H,4,11,15-16H2,1-3H3,(H,32,33). The summed E-state index contributed by atoms with van der Waals surface area (Å²) in [6, 6.07) is 10.7. The summed E-state index contributed by atoms with van der Waals surface area (Å²) in [5, 5.41) is 0.351. The number of fused-ring (bicyclic) bond motifs is 1. The molecule has 2 N–H and O–H groups in total. The van der Waals surface area contributed by atoms with E-state index in [1.54, 1.807) is 31.3 Å². The molecule has 0 spiro atoms. The second-order valence-corrected chi connectivity index (χ2v) is 12.0. The largest absolute Gasteiger partial charge is 0.491 e. The van der Waals surface area contributed by atoms with Crippen molar-refractivity contribution < 1.29 is 36.2 Å². The highest BCUT2D eigenvalue weighted by Crippen LogP contribution is 2.30. The van der Waals surface area contributed by atoms with Gasteiger partial charge in [-0.25, -0.2) is 22.2 Å². The lowest BCUT2D eigenvalue weighted by molar-refractivity contribution is -0.141. The third-order valence-corrected chi connectivity index (χ3v) is 8.00. The number of ketones is 1. The Balaban J connectivity index is 1.39. The Morgan fingerprint density at radius 2 is 1.93 bits per heavy atom. The zero-order valence-electron chi connectivity index (χ0n) is 22.7. The Morgan fingerprint density at radius 1 is 1.17 bits per heavy atom. The fourth-order valence-corrected chi connectivity index (χ4v) is 5.72. The maximum Gasteiger partial charge on any atom is 0.232 e. The summed E-state index contributed by atoms with van der Waals surface area (Å²) in [4.78, 5) is 20.6. The molecule has 41 heavy (non-hydrogen) atoms. The minimum absolute atomic E-state index is 0.0117. The molecule has 2 aromatic heterocycles. The summed E-state index contributed by atoms with van der Waals surface area (Å²) in [5.74, 6) is -3.60. The van der Waals surface area contributed by atoms with Crippen LogP contribution in [0.2, 0.25) is 0 Å². The molecule has 4 aromatic rings. The molecule has 0 radical (unpaired) electrons. The Bertz CT molecular complexity index is 1700. The monoisotopic (exact) mass is 585 g/mol. The van der Waals surface area contributed by atoms with Crippen molar-refractivity contribution >= 4 is 32.5 Å². The predicted molar refractivity (Wildman–Crippen MR) is 149 cm³/mol. The quantitative estimate of drug-likeness (QED) is 0.239. The first-order valence-electron chi connectivity index (χ1n) is 13.0. The smallest absolute Gasteiger partial charge is 0.232 e. The molecule has 3 heterocycles. The molecule has 2 aromatic carbocycles. The molecule has 0 saturated carbocycles. The van der Waals surface area contributed by atoms with Crippen LogP contribution in [-0.2, 0) is 19.5 Å². The second-order valence-electron chi connectivity index (χ2n) is 10.1. The number of carbonyl (C=O) groups is 1. The molecule has 0 aliphatic carbocycles. The van der Waals surface area contributed by atoms with E-state index in [1.165, 1.54) is 6.20 Å². The van der Waals surface area contributed by atoms with Crippen molar-refractivity contribution in [1.29, 1.82) is 0 Å². The molecule has 0 bridgehead atoms. The van der Waals surface area contributed by atoms with Gasteiger partial charge in [0.25, 0.3) is 0 Å².